The van der Waals surface area contributed by atoms with Gasteiger partial charge in [-0.1, -0.05) is 47.5 Å². The SMILES string of the molecule is O=C(Nc1nn(Cc2ccccc2F)cc1Cl)c1cccc(Cl)c1. The molecule has 7 heteroatoms. The van der Waals surface area contributed by atoms with Crippen LogP contribution in [-0.4, -0.2) is 15.7 Å². The van der Waals surface area contributed by atoms with Gasteiger partial charge in [-0.05, 0) is 24.3 Å². The van der Waals surface area contributed by atoms with Gasteiger partial charge in [0, 0.05) is 22.3 Å². The summed E-state index contributed by atoms with van der Waals surface area (Å²) in [7, 11) is 0. The third-order valence-electron chi connectivity index (χ3n) is 3.33. The van der Waals surface area contributed by atoms with Gasteiger partial charge in [0.2, 0.25) is 0 Å². The highest BCUT2D eigenvalue weighted by Crippen LogP contribution is 2.21. The van der Waals surface area contributed by atoms with Crippen molar-refractivity contribution < 1.29 is 9.18 Å². The monoisotopic (exact) mass is 363 g/mol. The van der Waals surface area contributed by atoms with E-state index >= 15 is 0 Å². The zero-order chi connectivity index (χ0) is 17.1. The Morgan fingerprint density at radius 1 is 1.17 bits per heavy atom. The lowest BCUT2D eigenvalue weighted by atomic mass is 10.2. The van der Waals surface area contributed by atoms with Crippen LogP contribution in [0.3, 0.4) is 0 Å². The third-order valence-corrected chi connectivity index (χ3v) is 3.84. The normalized spacial score (nSPS) is 10.6. The minimum absolute atomic E-state index is 0.206. The molecule has 2 aromatic carbocycles. The maximum atomic E-state index is 13.7. The average Bonchev–Trinajstić information content (AvgIpc) is 2.89. The molecule has 0 spiro atoms. The lowest BCUT2D eigenvalue weighted by Gasteiger charge is -2.04. The van der Waals surface area contributed by atoms with Crippen molar-refractivity contribution in [1.29, 1.82) is 0 Å². The minimum atomic E-state index is -0.379. The smallest absolute Gasteiger partial charge is 0.256 e. The summed E-state index contributed by atoms with van der Waals surface area (Å²) in [4.78, 5) is 12.2. The van der Waals surface area contributed by atoms with Gasteiger partial charge >= 0.3 is 0 Å². The molecular formula is C17H12Cl2FN3O. The van der Waals surface area contributed by atoms with E-state index in [9.17, 15) is 9.18 Å². The second-order valence-corrected chi connectivity index (χ2v) is 5.92. The minimum Gasteiger partial charge on any atom is -0.304 e. The first kappa shape index (κ1) is 16.5. The largest absolute Gasteiger partial charge is 0.304 e. The van der Waals surface area contributed by atoms with Gasteiger partial charge < -0.3 is 5.32 Å². The molecule has 0 aliphatic rings. The molecule has 0 saturated carbocycles. The summed E-state index contributed by atoms with van der Waals surface area (Å²) in [5.74, 6) is -0.498. The number of nitrogens with zero attached hydrogens (tertiary/aromatic N) is 2. The summed E-state index contributed by atoms with van der Waals surface area (Å²) >= 11 is 12.0. The van der Waals surface area contributed by atoms with E-state index < -0.39 is 0 Å². The standard InChI is InChI=1S/C17H12Cl2FN3O/c18-13-6-3-5-11(8-13)17(24)21-16-14(19)10-23(22-16)9-12-4-1-2-7-15(12)20/h1-8,10H,9H2,(H,21,22,24). The van der Waals surface area contributed by atoms with Crippen LogP contribution in [0.25, 0.3) is 0 Å². The number of benzene rings is 2. The molecule has 3 rings (SSSR count). The lowest BCUT2D eigenvalue weighted by molar-refractivity contribution is 0.102. The molecule has 0 aliphatic carbocycles. The van der Waals surface area contributed by atoms with Crippen LogP contribution in [0.4, 0.5) is 10.2 Å². The summed E-state index contributed by atoms with van der Waals surface area (Å²) in [5.41, 5.74) is 0.867. The van der Waals surface area contributed by atoms with Gasteiger partial charge in [0.1, 0.15) is 10.8 Å². The highest BCUT2D eigenvalue weighted by Gasteiger charge is 2.13. The zero-order valence-electron chi connectivity index (χ0n) is 12.3. The highest BCUT2D eigenvalue weighted by molar-refractivity contribution is 6.33. The number of hydrogen-bond donors (Lipinski definition) is 1. The summed E-state index contributed by atoms with van der Waals surface area (Å²) < 4.78 is 15.2. The van der Waals surface area contributed by atoms with E-state index in [0.717, 1.165) is 0 Å². The van der Waals surface area contributed by atoms with E-state index in [1.807, 2.05) is 0 Å². The van der Waals surface area contributed by atoms with E-state index in [1.165, 1.54) is 16.9 Å². The number of hydrogen-bond acceptors (Lipinski definition) is 2. The van der Waals surface area contributed by atoms with Gasteiger partial charge in [-0.3, -0.25) is 9.48 Å². The fourth-order valence-corrected chi connectivity index (χ4v) is 2.56. The van der Waals surface area contributed by atoms with Crippen LogP contribution in [0.1, 0.15) is 15.9 Å². The maximum Gasteiger partial charge on any atom is 0.256 e. The Hall–Kier alpha value is -2.37. The van der Waals surface area contributed by atoms with Crippen molar-refractivity contribution in [2.75, 3.05) is 5.32 Å². The van der Waals surface area contributed by atoms with Crippen molar-refractivity contribution in [3.63, 3.8) is 0 Å². The van der Waals surface area contributed by atoms with Crippen molar-refractivity contribution in [1.82, 2.24) is 9.78 Å². The van der Waals surface area contributed by atoms with Crippen LogP contribution < -0.4 is 5.32 Å². The van der Waals surface area contributed by atoms with E-state index in [2.05, 4.69) is 10.4 Å². The highest BCUT2D eigenvalue weighted by atomic mass is 35.5. The zero-order valence-corrected chi connectivity index (χ0v) is 13.9. The number of carbonyl (C=O) groups excluding carboxylic acids is 1. The van der Waals surface area contributed by atoms with Crippen molar-refractivity contribution in [2.45, 2.75) is 6.54 Å². The second kappa shape index (κ2) is 7.03. The molecule has 1 N–H and O–H groups in total. The number of halogens is 3. The number of carbonyl (C=O) groups is 1. The predicted octanol–water partition coefficient (Wildman–Crippen LogP) is 4.63. The molecule has 24 heavy (non-hydrogen) atoms. The maximum absolute atomic E-state index is 13.7. The van der Waals surface area contributed by atoms with Gasteiger partial charge in [-0.15, -0.1) is 0 Å². The fourth-order valence-electron chi connectivity index (χ4n) is 2.17. The molecule has 0 saturated heterocycles. The topological polar surface area (TPSA) is 46.9 Å². The molecule has 0 bridgehead atoms. The Labute approximate surface area is 147 Å². The van der Waals surface area contributed by atoms with Gasteiger partial charge in [0.05, 0.1) is 6.54 Å². The van der Waals surface area contributed by atoms with Crippen molar-refractivity contribution in [2.24, 2.45) is 0 Å². The summed E-state index contributed by atoms with van der Waals surface area (Å²) in [6, 6.07) is 12.9. The quantitative estimate of drug-likeness (QED) is 0.734. The van der Waals surface area contributed by atoms with Crippen LogP contribution in [0.2, 0.25) is 10.0 Å². The Kier molecular flexibility index (Phi) is 4.83. The second-order valence-electron chi connectivity index (χ2n) is 5.08. The molecule has 122 valence electrons. The molecule has 4 nitrogen and oxygen atoms in total. The third kappa shape index (κ3) is 3.75. The number of rotatable bonds is 4. The van der Waals surface area contributed by atoms with Gasteiger partial charge in [-0.2, -0.15) is 5.10 Å². The van der Waals surface area contributed by atoms with Crippen LogP contribution in [0, 0.1) is 5.82 Å². The number of aromatic nitrogens is 2. The molecule has 1 aromatic heterocycles. The molecule has 0 atom stereocenters. The molecule has 0 fully saturated rings. The lowest BCUT2D eigenvalue weighted by Crippen LogP contribution is -2.13. The van der Waals surface area contributed by atoms with Crippen LogP contribution in [-0.2, 0) is 6.54 Å². The first-order valence-corrected chi connectivity index (χ1v) is 7.82. The number of nitrogens with one attached hydrogen (secondary N) is 1. The summed E-state index contributed by atoms with van der Waals surface area (Å²) in [5, 5.41) is 7.53. The fraction of sp³-hybridized carbons (Fsp3) is 0.0588. The average molecular weight is 364 g/mol. The van der Waals surface area contributed by atoms with Gasteiger partial charge in [-0.25, -0.2) is 4.39 Å². The molecule has 0 unspecified atom stereocenters. The predicted molar refractivity (Wildman–Crippen MR) is 92.1 cm³/mol. The van der Waals surface area contributed by atoms with Crippen LogP contribution in [0.5, 0.6) is 0 Å². The summed E-state index contributed by atoms with van der Waals surface area (Å²) in [6.07, 6.45) is 1.53. The first-order chi connectivity index (χ1) is 11.5. The van der Waals surface area contributed by atoms with Crippen LogP contribution in [0.15, 0.2) is 54.7 Å². The molecule has 0 radical (unpaired) electrons. The Bertz CT molecular complexity index is 895. The molecule has 0 aliphatic heterocycles. The Morgan fingerprint density at radius 3 is 2.71 bits per heavy atom. The van der Waals surface area contributed by atoms with Crippen molar-refractivity contribution in [3.05, 3.63) is 81.7 Å². The molecular weight excluding hydrogens is 352 g/mol. The number of anilines is 1. The van der Waals surface area contributed by atoms with Gasteiger partial charge in [0.15, 0.2) is 5.82 Å². The van der Waals surface area contributed by atoms with Crippen LogP contribution >= 0.6 is 23.2 Å². The molecule has 1 heterocycles. The Morgan fingerprint density at radius 2 is 1.96 bits per heavy atom. The van der Waals surface area contributed by atoms with E-state index in [0.29, 0.717) is 16.1 Å². The van der Waals surface area contributed by atoms with Gasteiger partial charge in [0.25, 0.3) is 5.91 Å². The van der Waals surface area contributed by atoms with E-state index in [4.69, 9.17) is 23.2 Å². The molecule has 1 amide bonds. The summed E-state index contributed by atoms with van der Waals surface area (Å²) in [6.45, 7) is 0.208. The first-order valence-electron chi connectivity index (χ1n) is 7.06. The van der Waals surface area contributed by atoms with Crippen molar-refractivity contribution >= 4 is 34.9 Å². The number of amides is 1. The van der Waals surface area contributed by atoms with E-state index in [1.54, 1.807) is 42.5 Å². The Balaban J connectivity index is 1.77. The van der Waals surface area contributed by atoms with E-state index in [-0.39, 0.29) is 29.1 Å². The molecule has 3 aromatic rings. The van der Waals surface area contributed by atoms with Crippen molar-refractivity contribution in [3.8, 4) is 0 Å².